The lowest BCUT2D eigenvalue weighted by Gasteiger charge is -2.31. The number of nitriles is 1. The summed E-state index contributed by atoms with van der Waals surface area (Å²) in [4.78, 5) is 2.40. The van der Waals surface area contributed by atoms with Crippen LogP contribution in [0.3, 0.4) is 0 Å². The van der Waals surface area contributed by atoms with Crippen molar-refractivity contribution in [2.75, 3.05) is 18.6 Å². The summed E-state index contributed by atoms with van der Waals surface area (Å²) in [6.45, 7) is 2.15. The molecule has 1 aliphatic rings. The first kappa shape index (κ1) is 11.9. The van der Waals surface area contributed by atoms with Crippen molar-refractivity contribution >= 4 is 11.8 Å². The van der Waals surface area contributed by atoms with E-state index in [1.165, 1.54) is 30.8 Å². The van der Waals surface area contributed by atoms with Gasteiger partial charge in [0.05, 0.1) is 12.5 Å². The Hall–Kier alpha value is -0.200. The molecule has 1 rings (SSSR count). The van der Waals surface area contributed by atoms with Crippen LogP contribution in [0.25, 0.3) is 0 Å². The van der Waals surface area contributed by atoms with Gasteiger partial charge in [0, 0.05) is 12.1 Å². The van der Waals surface area contributed by atoms with E-state index in [1.807, 2.05) is 0 Å². The number of hydrogen-bond acceptors (Lipinski definition) is 3. The molecule has 0 amide bonds. The second-order valence-electron chi connectivity index (χ2n) is 4.07. The molecular formula is C11H20N2S. The molecule has 1 saturated heterocycles. The zero-order valence-electron chi connectivity index (χ0n) is 9.20. The Morgan fingerprint density at radius 2 is 2.29 bits per heavy atom. The van der Waals surface area contributed by atoms with Gasteiger partial charge in [-0.05, 0) is 44.7 Å². The van der Waals surface area contributed by atoms with E-state index in [0.717, 1.165) is 0 Å². The van der Waals surface area contributed by atoms with E-state index >= 15 is 0 Å². The molecule has 0 N–H and O–H groups in total. The molecule has 0 bridgehead atoms. The molecule has 1 aliphatic heterocycles. The van der Waals surface area contributed by atoms with Gasteiger partial charge in [-0.3, -0.25) is 4.90 Å². The second-order valence-corrected chi connectivity index (χ2v) is 5.30. The predicted octanol–water partition coefficient (Wildman–Crippen LogP) is 2.51. The minimum Gasteiger partial charge on any atom is -0.300 e. The standard InChI is InChI=1S/C11H20N2S/c1-10(5-7-12)13(2)11-4-3-8-14-9-6-11/h10-11H,3-6,8-9H2,1-2H3. The molecule has 0 aromatic heterocycles. The first-order chi connectivity index (χ1) is 6.75. The fourth-order valence-corrected chi connectivity index (χ4v) is 2.94. The highest BCUT2D eigenvalue weighted by Gasteiger charge is 2.20. The van der Waals surface area contributed by atoms with Crippen molar-refractivity contribution in [3.63, 3.8) is 0 Å². The third-order valence-electron chi connectivity index (χ3n) is 3.08. The predicted molar refractivity (Wildman–Crippen MR) is 62.4 cm³/mol. The Kier molecular flexibility index (Phi) is 5.36. The summed E-state index contributed by atoms with van der Waals surface area (Å²) in [7, 11) is 2.17. The molecule has 80 valence electrons. The fraction of sp³-hybridized carbons (Fsp3) is 0.909. The highest BCUT2D eigenvalue weighted by atomic mass is 32.2. The minimum atomic E-state index is 0.410. The van der Waals surface area contributed by atoms with Crippen molar-refractivity contribution in [1.82, 2.24) is 4.90 Å². The van der Waals surface area contributed by atoms with Crippen molar-refractivity contribution in [3.8, 4) is 6.07 Å². The normalized spacial score (nSPS) is 25.4. The third kappa shape index (κ3) is 3.51. The van der Waals surface area contributed by atoms with Gasteiger partial charge < -0.3 is 0 Å². The first-order valence-corrected chi connectivity index (χ1v) is 6.57. The summed E-state index contributed by atoms with van der Waals surface area (Å²) in [5.74, 6) is 2.60. The third-order valence-corrected chi connectivity index (χ3v) is 4.18. The molecule has 0 saturated carbocycles. The molecule has 14 heavy (non-hydrogen) atoms. The summed E-state index contributed by atoms with van der Waals surface area (Å²) < 4.78 is 0. The summed E-state index contributed by atoms with van der Waals surface area (Å²) in [6.07, 6.45) is 4.58. The number of hydrogen-bond donors (Lipinski definition) is 0. The van der Waals surface area contributed by atoms with Crippen molar-refractivity contribution < 1.29 is 0 Å². The lowest BCUT2D eigenvalue weighted by molar-refractivity contribution is 0.173. The summed E-state index contributed by atoms with van der Waals surface area (Å²) in [5.41, 5.74) is 0. The van der Waals surface area contributed by atoms with Crippen LogP contribution in [0, 0.1) is 11.3 Å². The second kappa shape index (κ2) is 6.31. The topological polar surface area (TPSA) is 27.0 Å². The van der Waals surface area contributed by atoms with Crippen molar-refractivity contribution in [2.24, 2.45) is 0 Å². The van der Waals surface area contributed by atoms with Gasteiger partial charge in [0.1, 0.15) is 0 Å². The molecule has 2 atom stereocenters. The van der Waals surface area contributed by atoms with Crippen LogP contribution in [0.2, 0.25) is 0 Å². The maximum atomic E-state index is 8.66. The zero-order valence-corrected chi connectivity index (χ0v) is 10.0. The average Bonchev–Trinajstić information content (AvgIpc) is 2.45. The van der Waals surface area contributed by atoms with E-state index in [9.17, 15) is 0 Å². The van der Waals surface area contributed by atoms with Crippen LogP contribution in [-0.4, -0.2) is 35.5 Å². The van der Waals surface area contributed by atoms with Gasteiger partial charge in [0.2, 0.25) is 0 Å². The lowest BCUT2D eigenvalue weighted by atomic mass is 10.1. The highest BCUT2D eigenvalue weighted by Crippen LogP contribution is 2.22. The summed E-state index contributed by atoms with van der Waals surface area (Å²) >= 11 is 2.07. The van der Waals surface area contributed by atoms with Crippen molar-refractivity contribution in [3.05, 3.63) is 0 Å². The Morgan fingerprint density at radius 3 is 3.00 bits per heavy atom. The minimum absolute atomic E-state index is 0.410. The van der Waals surface area contributed by atoms with Crippen molar-refractivity contribution in [1.29, 1.82) is 5.26 Å². The van der Waals surface area contributed by atoms with Crippen LogP contribution < -0.4 is 0 Å². The zero-order chi connectivity index (χ0) is 10.4. The van der Waals surface area contributed by atoms with Gasteiger partial charge in [0.15, 0.2) is 0 Å². The van der Waals surface area contributed by atoms with Crippen LogP contribution >= 0.6 is 11.8 Å². The van der Waals surface area contributed by atoms with Crippen LogP contribution in [0.4, 0.5) is 0 Å². The Bertz CT molecular complexity index is 192. The molecule has 0 aromatic rings. The molecule has 2 unspecified atom stereocenters. The Labute approximate surface area is 91.7 Å². The first-order valence-electron chi connectivity index (χ1n) is 5.42. The number of nitrogens with zero attached hydrogens (tertiary/aromatic N) is 2. The molecule has 1 heterocycles. The van der Waals surface area contributed by atoms with E-state index in [2.05, 4.69) is 36.7 Å². The summed E-state index contributed by atoms with van der Waals surface area (Å²) in [5, 5.41) is 8.66. The largest absolute Gasteiger partial charge is 0.300 e. The van der Waals surface area contributed by atoms with E-state index in [-0.39, 0.29) is 0 Å². The molecule has 3 heteroatoms. The fourth-order valence-electron chi connectivity index (χ4n) is 1.93. The van der Waals surface area contributed by atoms with E-state index in [1.54, 1.807) is 0 Å². The van der Waals surface area contributed by atoms with Crippen LogP contribution in [0.1, 0.15) is 32.6 Å². The quantitative estimate of drug-likeness (QED) is 0.719. The van der Waals surface area contributed by atoms with Gasteiger partial charge >= 0.3 is 0 Å². The van der Waals surface area contributed by atoms with Crippen molar-refractivity contribution in [2.45, 2.75) is 44.7 Å². The van der Waals surface area contributed by atoms with Gasteiger partial charge in [-0.15, -0.1) is 0 Å². The molecule has 0 aliphatic carbocycles. The average molecular weight is 212 g/mol. The Morgan fingerprint density at radius 1 is 1.50 bits per heavy atom. The monoisotopic (exact) mass is 212 g/mol. The van der Waals surface area contributed by atoms with Crippen LogP contribution in [-0.2, 0) is 0 Å². The number of thioether (sulfide) groups is 1. The van der Waals surface area contributed by atoms with Gasteiger partial charge in [-0.25, -0.2) is 0 Å². The van der Waals surface area contributed by atoms with Crippen LogP contribution in [0.15, 0.2) is 0 Å². The molecule has 2 nitrogen and oxygen atoms in total. The maximum absolute atomic E-state index is 8.66. The smallest absolute Gasteiger partial charge is 0.0638 e. The van der Waals surface area contributed by atoms with E-state index in [4.69, 9.17) is 5.26 Å². The lowest BCUT2D eigenvalue weighted by Crippen LogP contribution is -2.38. The SMILES string of the molecule is CC(CC#N)N(C)C1CCCSCC1. The highest BCUT2D eigenvalue weighted by molar-refractivity contribution is 7.99. The molecule has 0 aromatic carbocycles. The molecule has 1 fully saturated rings. The van der Waals surface area contributed by atoms with Gasteiger partial charge in [0.25, 0.3) is 0 Å². The Balaban J connectivity index is 2.41. The molecule has 0 spiro atoms. The maximum Gasteiger partial charge on any atom is 0.0638 e. The van der Waals surface area contributed by atoms with E-state index < -0.39 is 0 Å². The van der Waals surface area contributed by atoms with Gasteiger partial charge in [-0.1, -0.05) is 0 Å². The van der Waals surface area contributed by atoms with Gasteiger partial charge in [-0.2, -0.15) is 17.0 Å². The van der Waals surface area contributed by atoms with Crippen LogP contribution in [0.5, 0.6) is 0 Å². The summed E-state index contributed by atoms with van der Waals surface area (Å²) in [6, 6.07) is 3.37. The molecule has 0 radical (unpaired) electrons. The molecular weight excluding hydrogens is 192 g/mol. The number of rotatable bonds is 3. The van der Waals surface area contributed by atoms with E-state index in [0.29, 0.717) is 18.5 Å².